The number of Topliss-reactive ketones (excluding diaryl/α,β-unsaturated/α-hetero) is 1. The number of rotatable bonds is 6. The van der Waals surface area contributed by atoms with Crippen molar-refractivity contribution in [3.8, 4) is 0 Å². The first-order chi connectivity index (χ1) is 11.5. The van der Waals surface area contributed by atoms with Gasteiger partial charge in [0.05, 0.1) is 6.61 Å². The highest BCUT2D eigenvalue weighted by Crippen LogP contribution is 2.15. The molecule has 2 aromatic carbocycles. The zero-order valence-electron chi connectivity index (χ0n) is 13.0. The predicted molar refractivity (Wildman–Crippen MR) is 94.0 cm³/mol. The molecule has 0 saturated heterocycles. The SMILES string of the molecule is CCOC(=O)/C(=C/C(=O)c1ccc(Br)cc1)C(=O)c1ccccc1. The quantitative estimate of drug-likeness (QED) is 0.247. The maximum absolute atomic E-state index is 12.6. The number of carbonyl (C=O) groups excluding carboxylic acids is 3. The normalized spacial score (nSPS) is 11.0. The van der Waals surface area contributed by atoms with E-state index in [9.17, 15) is 14.4 Å². The zero-order valence-corrected chi connectivity index (χ0v) is 14.6. The monoisotopic (exact) mass is 386 g/mol. The van der Waals surface area contributed by atoms with Crippen LogP contribution in [0.4, 0.5) is 0 Å². The van der Waals surface area contributed by atoms with E-state index in [4.69, 9.17) is 4.74 Å². The van der Waals surface area contributed by atoms with Crippen LogP contribution < -0.4 is 0 Å². The van der Waals surface area contributed by atoms with Gasteiger partial charge in [-0.25, -0.2) is 4.79 Å². The van der Waals surface area contributed by atoms with E-state index in [-0.39, 0.29) is 12.2 Å². The average molecular weight is 387 g/mol. The first-order valence-corrected chi connectivity index (χ1v) is 8.10. The molecule has 0 saturated carbocycles. The van der Waals surface area contributed by atoms with Gasteiger partial charge in [0.25, 0.3) is 0 Å². The van der Waals surface area contributed by atoms with Crippen molar-refractivity contribution in [2.45, 2.75) is 6.92 Å². The highest BCUT2D eigenvalue weighted by Gasteiger charge is 2.22. The molecule has 2 aromatic rings. The standard InChI is InChI=1S/C19H15BrO4/c1-2-24-19(23)16(18(22)14-6-4-3-5-7-14)12-17(21)13-8-10-15(20)11-9-13/h3-12H,2H2,1H3/b16-12+. The van der Waals surface area contributed by atoms with E-state index in [1.54, 1.807) is 61.5 Å². The molecule has 0 amide bonds. The second-order valence-electron chi connectivity index (χ2n) is 4.84. The summed E-state index contributed by atoms with van der Waals surface area (Å²) in [6, 6.07) is 14.9. The van der Waals surface area contributed by atoms with Crippen LogP contribution in [-0.4, -0.2) is 24.1 Å². The largest absolute Gasteiger partial charge is 0.462 e. The Balaban J connectivity index is 2.38. The Bertz CT molecular complexity index is 777. The molecule has 0 aliphatic rings. The third-order valence-electron chi connectivity index (χ3n) is 3.18. The van der Waals surface area contributed by atoms with Crippen LogP contribution >= 0.6 is 15.9 Å². The molecular formula is C19H15BrO4. The summed E-state index contributed by atoms with van der Waals surface area (Å²) in [5, 5.41) is 0. The average Bonchev–Trinajstić information content (AvgIpc) is 2.60. The van der Waals surface area contributed by atoms with Crippen molar-refractivity contribution in [2.75, 3.05) is 6.61 Å². The van der Waals surface area contributed by atoms with Gasteiger partial charge in [-0.1, -0.05) is 46.3 Å². The Morgan fingerprint density at radius 3 is 2.17 bits per heavy atom. The number of ether oxygens (including phenoxy) is 1. The van der Waals surface area contributed by atoms with Gasteiger partial charge in [0.1, 0.15) is 5.57 Å². The van der Waals surface area contributed by atoms with Crippen molar-refractivity contribution in [1.82, 2.24) is 0 Å². The van der Waals surface area contributed by atoms with Crippen molar-refractivity contribution in [2.24, 2.45) is 0 Å². The molecule has 2 rings (SSSR count). The summed E-state index contributed by atoms with van der Waals surface area (Å²) in [7, 11) is 0. The Hall–Kier alpha value is -2.53. The summed E-state index contributed by atoms with van der Waals surface area (Å²) in [5.74, 6) is -1.79. The smallest absolute Gasteiger partial charge is 0.342 e. The molecule has 0 bridgehead atoms. The lowest BCUT2D eigenvalue weighted by molar-refractivity contribution is -0.138. The maximum Gasteiger partial charge on any atom is 0.342 e. The molecule has 0 aliphatic heterocycles. The number of ketones is 2. The van der Waals surface area contributed by atoms with Crippen LogP contribution in [0.15, 0.2) is 70.7 Å². The van der Waals surface area contributed by atoms with Gasteiger partial charge in [-0.2, -0.15) is 0 Å². The van der Waals surface area contributed by atoms with Crippen molar-refractivity contribution in [3.05, 3.63) is 81.8 Å². The number of esters is 1. The van der Waals surface area contributed by atoms with Gasteiger partial charge in [0, 0.05) is 21.7 Å². The van der Waals surface area contributed by atoms with Crippen LogP contribution in [0.1, 0.15) is 27.6 Å². The van der Waals surface area contributed by atoms with E-state index < -0.39 is 17.5 Å². The summed E-state index contributed by atoms with van der Waals surface area (Å²) >= 11 is 3.29. The summed E-state index contributed by atoms with van der Waals surface area (Å²) in [6.07, 6.45) is 1.04. The highest BCUT2D eigenvalue weighted by molar-refractivity contribution is 9.10. The van der Waals surface area contributed by atoms with Crippen molar-refractivity contribution < 1.29 is 19.1 Å². The molecule has 0 aliphatic carbocycles. The Kier molecular flexibility index (Phi) is 6.21. The van der Waals surface area contributed by atoms with Gasteiger partial charge < -0.3 is 4.74 Å². The third kappa shape index (κ3) is 4.49. The number of carbonyl (C=O) groups is 3. The second-order valence-corrected chi connectivity index (χ2v) is 5.76. The van der Waals surface area contributed by atoms with E-state index >= 15 is 0 Å². The molecule has 24 heavy (non-hydrogen) atoms. The molecule has 122 valence electrons. The van der Waals surface area contributed by atoms with Gasteiger partial charge in [-0.15, -0.1) is 0 Å². The van der Waals surface area contributed by atoms with E-state index in [0.717, 1.165) is 10.5 Å². The molecule has 0 fully saturated rings. The van der Waals surface area contributed by atoms with Crippen molar-refractivity contribution in [1.29, 1.82) is 0 Å². The van der Waals surface area contributed by atoms with Gasteiger partial charge in [-0.05, 0) is 31.2 Å². The maximum atomic E-state index is 12.6. The molecular weight excluding hydrogens is 372 g/mol. The number of hydrogen-bond acceptors (Lipinski definition) is 4. The van der Waals surface area contributed by atoms with E-state index in [1.807, 2.05) is 0 Å². The molecule has 0 unspecified atom stereocenters. The predicted octanol–water partition coefficient (Wildman–Crippen LogP) is 4.00. The molecule has 0 aromatic heterocycles. The zero-order chi connectivity index (χ0) is 17.5. The fourth-order valence-electron chi connectivity index (χ4n) is 2.00. The Labute approximate surface area is 148 Å². The fraction of sp³-hybridized carbons (Fsp3) is 0.105. The van der Waals surface area contributed by atoms with Crippen LogP contribution in [0.5, 0.6) is 0 Å². The molecule has 0 heterocycles. The summed E-state index contributed by atoms with van der Waals surface area (Å²) in [6.45, 7) is 1.75. The minimum Gasteiger partial charge on any atom is -0.462 e. The topological polar surface area (TPSA) is 60.4 Å². The number of halogens is 1. The number of benzene rings is 2. The Morgan fingerprint density at radius 2 is 1.58 bits per heavy atom. The van der Waals surface area contributed by atoms with Gasteiger partial charge >= 0.3 is 5.97 Å². The molecule has 0 spiro atoms. The first kappa shape index (κ1) is 17.8. The van der Waals surface area contributed by atoms with Crippen molar-refractivity contribution in [3.63, 3.8) is 0 Å². The van der Waals surface area contributed by atoms with Crippen molar-refractivity contribution >= 4 is 33.5 Å². The highest BCUT2D eigenvalue weighted by atomic mass is 79.9. The second kappa shape index (κ2) is 8.36. The molecule has 4 nitrogen and oxygen atoms in total. The van der Waals surface area contributed by atoms with Gasteiger partial charge in [0.15, 0.2) is 11.6 Å². The third-order valence-corrected chi connectivity index (χ3v) is 3.71. The fourth-order valence-corrected chi connectivity index (χ4v) is 2.26. The van der Waals surface area contributed by atoms with Crippen LogP contribution in [-0.2, 0) is 9.53 Å². The van der Waals surface area contributed by atoms with Gasteiger partial charge in [0.2, 0.25) is 0 Å². The molecule has 5 heteroatoms. The lowest BCUT2D eigenvalue weighted by Crippen LogP contribution is -2.18. The summed E-state index contributed by atoms with van der Waals surface area (Å²) < 4.78 is 5.74. The van der Waals surface area contributed by atoms with Crippen LogP contribution in [0.2, 0.25) is 0 Å². The molecule has 0 N–H and O–H groups in total. The summed E-state index contributed by atoms with van der Waals surface area (Å²) in [4.78, 5) is 37.0. The van der Waals surface area contributed by atoms with Gasteiger partial charge in [-0.3, -0.25) is 9.59 Å². The first-order valence-electron chi connectivity index (χ1n) is 7.31. The van der Waals surface area contributed by atoms with E-state index in [1.165, 1.54) is 0 Å². The molecule has 0 radical (unpaired) electrons. The van der Waals surface area contributed by atoms with Crippen LogP contribution in [0, 0.1) is 0 Å². The lowest BCUT2D eigenvalue weighted by Gasteiger charge is -2.06. The van der Waals surface area contributed by atoms with Crippen LogP contribution in [0.3, 0.4) is 0 Å². The Morgan fingerprint density at radius 1 is 0.958 bits per heavy atom. The number of hydrogen-bond donors (Lipinski definition) is 0. The number of allylic oxidation sites excluding steroid dienone is 1. The van der Waals surface area contributed by atoms with Crippen LogP contribution in [0.25, 0.3) is 0 Å². The van der Waals surface area contributed by atoms with E-state index in [2.05, 4.69) is 15.9 Å². The van der Waals surface area contributed by atoms with E-state index in [0.29, 0.717) is 11.1 Å². The summed E-state index contributed by atoms with van der Waals surface area (Å²) in [5.41, 5.74) is 0.414. The molecule has 0 atom stereocenters. The minimum atomic E-state index is -0.809. The lowest BCUT2D eigenvalue weighted by atomic mass is 10.0. The minimum absolute atomic E-state index is 0.116.